The third-order valence-electron chi connectivity index (χ3n) is 4.08. The zero-order chi connectivity index (χ0) is 18.7. The quantitative estimate of drug-likeness (QED) is 0.700. The van der Waals surface area contributed by atoms with Gasteiger partial charge in [0.1, 0.15) is 0 Å². The van der Waals surface area contributed by atoms with Crippen molar-refractivity contribution in [2.24, 2.45) is 7.05 Å². The van der Waals surface area contributed by atoms with Gasteiger partial charge in [0.05, 0.1) is 18.4 Å². The van der Waals surface area contributed by atoms with Gasteiger partial charge in [0.2, 0.25) is 5.91 Å². The SMILES string of the molecule is Cc1c(CN(C)CC(=O)Nc2nc(-c3ccc(Cl)cc3)cs2)cnn1C. The van der Waals surface area contributed by atoms with Crippen LogP contribution in [0, 0.1) is 6.92 Å². The summed E-state index contributed by atoms with van der Waals surface area (Å²) in [4.78, 5) is 18.7. The lowest BCUT2D eigenvalue weighted by Crippen LogP contribution is -2.29. The number of carbonyl (C=O) groups excluding carboxylic acids is 1. The number of amides is 1. The predicted octanol–water partition coefficient (Wildman–Crippen LogP) is 3.58. The van der Waals surface area contributed by atoms with Crippen LogP contribution in [-0.2, 0) is 18.4 Å². The fourth-order valence-corrected chi connectivity index (χ4v) is 3.40. The molecule has 2 aromatic heterocycles. The number of carbonyl (C=O) groups is 1. The topological polar surface area (TPSA) is 63.1 Å². The minimum atomic E-state index is -0.0916. The number of hydrogen-bond donors (Lipinski definition) is 1. The van der Waals surface area contributed by atoms with Crippen molar-refractivity contribution in [1.82, 2.24) is 19.7 Å². The molecular weight excluding hydrogens is 370 g/mol. The third kappa shape index (κ3) is 4.49. The Morgan fingerprint density at radius 3 is 2.73 bits per heavy atom. The van der Waals surface area contributed by atoms with E-state index in [4.69, 9.17) is 11.6 Å². The first-order valence-corrected chi connectivity index (χ1v) is 9.35. The molecule has 0 unspecified atom stereocenters. The van der Waals surface area contributed by atoms with Crippen LogP contribution in [0.25, 0.3) is 11.3 Å². The molecule has 0 fully saturated rings. The molecule has 0 radical (unpaired) electrons. The molecule has 3 rings (SSSR count). The fourth-order valence-electron chi connectivity index (χ4n) is 2.53. The van der Waals surface area contributed by atoms with Crippen molar-refractivity contribution in [2.45, 2.75) is 13.5 Å². The number of benzene rings is 1. The first-order chi connectivity index (χ1) is 12.4. The van der Waals surface area contributed by atoms with E-state index in [0.29, 0.717) is 16.7 Å². The highest BCUT2D eigenvalue weighted by molar-refractivity contribution is 7.14. The van der Waals surface area contributed by atoms with Gasteiger partial charge in [-0.3, -0.25) is 14.4 Å². The predicted molar refractivity (Wildman–Crippen MR) is 105 cm³/mol. The summed E-state index contributed by atoms with van der Waals surface area (Å²) in [5, 5.41) is 10.3. The van der Waals surface area contributed by atoms with E-state index in [-0.39, 0.29) is 12.5 Å². The van der Waals surface area contributed by atoms with Crippen molar-refractivity contribution in [2.75, 3.05) is 18.9 Å². The molecule has 3 aromatic rings. The number of aromatic nitrogens is 3. The average molecular weight is 390 g/mol. The van der Waals surface area contributed by atoms with Crippen LogP contribution in [0.5, 0.6) is 0 Å². The highest BCUT2D eigenvalue weighted by atomic mass is 35.5. The summed E-state index contributed by atoms with van der Waals surface area (Å²) < 4.78 is 1.83. The summed E-state index contributed by atoms with van der Waals surface area (Å²) in [5.41, 5.74) is 4.00. The van der Waals surface area contributed by atoms with Crippen molar-refractivity contribution >= 4 is 34.0 Å². The number of nitrogens with one attached hydrogen (secondary N) is 1. The molecule has 0 saturated heterocycles. The van der Waals surface area contributed by atoms with Crippen LogP contribution in [0.2, 0.25) is 5.02 Å². The van der Waals surface area contributed by atoms with Crippen molar-refractivity contribution in [3.63, 3.8) is 0 Å². The minimum Gasteiger partial charge on any atom is -0.301 e. The Morgan fingerprint density at radius 1 is 1.35 bits per heavy atom. The second-order valence-corrected chi connectivity index (χ2v) is 7.44. The van der Waals surface area contributed by atoms with Crippen LogP contribution in [-0.4, -0.2) is 39.2 Å². The standard InChI is InChI=1S/C18H20ClN5OS/c1-12-14(8-20-24(12)3)9-23(2)10-17(25)22-18-21-16(11-26-18)13-4-6-15(19)7-5-13/h4-8,11H,9-10H2,1-3H3,(H,21,22,25). The molecule has 0 aliphatic rings. The Kier molecular flexibility index (Phi) is 5.70. The Bertz CT molecular complexity index is 903. The van der Waals surface area contributed by atoms with Gasteiger partial charge in [-0.2, -0.15) is 5.10 Å². The lowest BCUT2D eigenvalue weighted by atomic mass is 10.2. The summed E-state index contributed by atoms with van der Waals surface area (Å²) in [5.74, 6) is -0.0916. The molecular formula is C18H20ClN5OS. The number of aryl methyl sites for hydroxylation is 1. The molecule has 1 amide bonds. The molecule has 136 valence electrons. The van der Waals surface area contributed by atoms with E-state index in [1.807, 2.05) is 66.4 Å². The smallest absolute Gasteiger partial charge is 0.240 e. The van der Waals surface area contributed by atoms with E-state index in [9.17, 15) is 4.79 Å². The second kappa shape index (κ2) is 7.99. The van der Waals surface area contributed by atoms with Gasteiger partial charge in [0.25, 0.3) is 0 Å². The first kappa shape index (κ1) is 18.6. The molecule has 6 nitrogen and oxygen atoms in total. The highest BCUT2D eigenvalue weighted by Crippen LogP contribution is 2.25. The maximum atomic E-state index is 12.3. The van der Waals surface area contributed by atoms with Crippen LogP contribution in [0.4, 0.5) is 5.13 Å². The van der Waals surface area contributed by atoms with Gasteiger partial charge in [-0.1, -0.05) is 23.7 Å². The Hall–Kier alpha value is -2.22. The van der Waals surface area contributed by atoms with Gasteiger partial charge in [-0.05, 0) is 26.1 Å². The van der Waals surface area contributed by atoms with Gasteiger partial charge in [0, 0.05) is 40.8 Å². The van der Waals surface area contributed by atoms with E-state index in [2.05, 4.69) is 15.4 Å². The van der Waals surface area contributed by atoms with Crippen LogP contribution >= 0.6 is 22.9 Å². The summed E-state index contributed by atoms with van der Waals surface area (Å²) in [6.07, 6.45) is 1.84. The number of nitrogens with zero attached hydrogens (tertiary/aromatic N) is 4. The van der Waals surface area contributed by atoms with Gasteiger partial charge >= 0.3 is 0 Å². The van der Waals surface area contributed by atoms with E-state index < -0.39 is 0 Å². The van der Waals surface area contributed by atoms with E-state index in [1.54, 1.807) is 0 Å². The van der Waals surface area contributed by atoms with Crippen molar-refractivity contribution in [3.05, 3.63) is 52.1 Å². The number of halogens is 1. The Labute approximate surface area is 161 Å². The molecule has 0 atom stereocenters. The normalized spacial score (nSPS) is 11.1. The van der Waals surface area contributed by atoms with E-state index in [0.717, 1.165) is 22.5 Å². The van der Waals surface area contributed by atoms with Gasteiger partial charge in [0.15, 0.2) is 5.13 Å². The third-order valence-corrected chi connectivity index (χ3v) is 5.09. The molecule has 0 saturated carbocycles. The highest BCUT2D eigenvalue weighted by Gasteiger charge is 2.12. The molecule has 0 aliphatic carbocycles. The molecule has 0 bridgehead atoms. The zero-order valence-corrected chi connectivity index (χ0v) is 16.4. The van der Waals surface area contributed by atoms with E-state index >= 15 is 0 Å². The van der Waals surface area contributed by atoms with Crippen molar-refractivity contribution in [1.29, 1.82) is 0 Å². The monoisotopic (exact) mass is 389 g/mol. The number of rotatable bonds is 6. The van der Waals surface area contributed by atoms with Crippen LogP contribution < -0.4 is 5.32 Å². The summed E-state index contributed by atoms with van der Waals surface area (Å²) in [7, 11) is 3.82. The Balaban J connectivity index is 1.56. The molecule has 0 spiro atoms. The number of hydrogen-bond acceptors (Lipinski definition) is 5. The Morgan fingerprint density at radius 2 is 2.08 bits per heavy atom. The maximum Gasteiger partial charge on any atom is 0.240 e. The fraction of sp³-hybridized carbons (Fsp3) is 0.278. The van der Waals surface area contributed by atoms with E-state index in [1.165, 1.54) is 11.3 Å². The molecule has 2 heterocycles. The van der Waals surface area contributed by atoms with Crippen LogP contribution in [0.3, 0.4) is 0 Å². The van der Waals surface area contributed by atoms with Crippen molar-refractivity contribution in [3.8, 4) is 11.3 Å². The molecule has 26 heavy (non-hydrogen) atoms. The minimum absolute atomic E-state index is 0.0916. The molecule has 0 aliphatic heterocycles. The molecule has 1 aromatic carbocycles. The van der Waals surface area contributed by atoms with Gasteiger partial charge in [-0.25, -0.2) is 4.98 Å². The number of anilines is 1. The lowest BCUT2D eigenvalue weighted by molar-refractivity contribution is -0.117. The summed E-state index contributed by atoms with van der Waals surface area (Å²) in [6, 6.07) is 7.47. The lowest BCUT2D eigenvalue weighted by Gasteiger charge is -2.15. The van der Waals surface area contributed by atoms with Crippen LogP contribution in [0.15, 0.2) is 35.8 Å². The molecule has 8 heteroatoms. The summed E-state index contributed by atoms with van der Waals surface area (Å²) >= 11 is 7.31. The number of likely N-dealkylation sites (N-methyl/N-ethyl adjacent to an activating group) is 1. The number of thiazole rings is 1. The zero-order valence-electron chi connectivity index (χ0n) is 14.9. The van der Waals surface area contributed by atoms with Crippen LogP contribution in [0.1, 0.15) is 11.3 Å². The summed E-state index contributed by atoms with van der Waals surface area (Å²) in [6.45, 7) is 2.97. The van der Waals surface area contributed by atoms with Gasteiger partial charge in [-0.15, -0.1) is 11.3 Å². The largest absolute Gasteiger partial charge is 0.301 e. The maximum absolute atomic E-state index is 12.3. The average Bonchev–Trinajstić information content (AvgIpc) is 3.17. The van der Waals surface area contributed by atoms with Gasteiger partial charge < -0.3 is 5.32 Å². The van der Waals surface area contributed by atoms with Crippen molar-refractivity contribution < 1.29 is 4.79 Å². The molecule has 1 N–H and O–H groups in total. The second-order valence-electron chi connectivity index (χ2n) is 6.14. The first-order valence-electron chi connectivity index (χ1n) is 8.09.